The van der Waals surface area contributed by atoms with Gasteiger partial charge in [-0.2, -0.15) is 0 Å². The van der Waals surface area contributed by atoms with E-state index in [1.807, 2.05) is 44.7 Å². The Hall–Kier alpha value is -3.30. The third-order valence-corrected chi connectivity index (χ3v) is 5.88. The lowest BCUT2D eigenvalue weighted by atomic mass is 10.1. The van der Waals surface area contributed by atoms with Crippen LogP contribution in [0.1, 0.15) is 44.7 Å². The third kappa shape index (κ3) is 5.36. The van der Waals surface area contributed by atoms with E-state index in [0.29, 0.717) is 49.8 Å². The Balaban J connectivity index is 1.56. The van der Waals surface area contributed by atoms with E-state index in [2.05, 4.69) is 4.98 Å². The molecule has 35 heavy (non-hydrogen) atoms. The van der Waals surface area contributed by atoms with Crippen LogP contribution >= 0.6 is 0 Å². The number of alkyl halides is 2. The predicted octanol–water partition coefficient (Wildman–Crippen LogP) is 5.25. The summed E-state index contributed by atoms with van der Waals surface area (Å²) in [6, 6.07) is 5.05. The van der Waals surface area contributed by atoms with E-state index >= 15 is 0 Å². The zero-order valence-corrected chi connectivity index (χ0v) is 20.6. The van der Waals surface area contributed by atoms with Crippen LogP contribution in [0.2, 0.25) is 0 Å². The van der Waals surface area contributed by atoms with Crippen molar-refractivity contribution in [3.8, 4) is 17.4 Å². The van der Waals surface area contributed by atoms with Gasteiger partial charge in [0, 0.05) is 18.5 Å². The zero-order chi connectivity index (χ0) is 25.3. The summed E-state index contributed by atoms with van der Waals surface area (Å²) in [4.78, 5) is 20.0. The lowest BCUT2D eigenvalue weighted by Crippen LogP contribution is -2.36. The zero-order valence-electron chi connectivity index (χ0n) is 20.6. The Bertz CT molecular complexity index is 1090. The number of carbonyl (C=O) groups is 1. The minimum atomic E-state index is -2.72. The van der Waals surface area contributed by atoms with Gasteiger partial charge in [0.1, 0.15) is 29.8 Å². The molecule has 1 aromatic carbocycles. The topological polar surface area (TPSA) is 73.4 Å². The van der Waals surface area contributed by atoms with Gasteiger partial charge in [-0.3, -0.25) is 0 Å². The molecule has 2 aliphatic heterocycles. The molecule has 1 unspecified atom stereocenters. The summed E-state index contributed by atoms with van der Waals surface area (Å²) in [6.45, 7) is 9.24. The van der Waals surface area contributed by atoms with Crippen LogP contribution < -0.4 is 19.1 Å². The lowest BCUT2D eigenvalue weighted by molar-refractivity contribution is 0.0275. The third-order valence-electron chi connectivity index (χ3n) is 5.88. The molecular weight excluding hydrogens is 460 g/mol. The Morgan fingerprint density at radius 2 is 2.03 bits per heavy atom. The second kappa shape index (κ2) is 9.75. The molecule has 2 aliphatic rings. The van der Waals surface area contributed by atoms with E-state index in [1.54, 1.807) is 4.90 Å². The standard InChI is InChI=1S/C25H31F2N3O5/c1-15-19(34-17-8-9-29(14-17)24(31)35-25(2,3)4)6-7-20-21(15)30(10-11-33-20)16-12-18(22(26)27)23(32-5)28-13-16/h6-7,12-13,17,22H,8-11,14H2,1-5H3. The fourth-order valence-electron chi connectivity index (χ4n) is 4.28. The van der Waals surface area contributed by atoms with Crippen molar-refractivity contribution < 1.29 is 32.5 Å². The molecule has 0 aliphatic carbocycles. The van der Waals surface area contributed by atoms with Gasteiger partial charge in [-0.05, 0) is 45.9 Å². The number of likely N-dealkylation sites (tertiary alicyclic amines) is 1. The molecule has 0 radical (unpaired) electrons. The highest BCUT2D eigenvalue weighted by Gasteiger charge is 2.32. The summed E-state index contributed by atoms with van der Waals surface area (Å²) in [6.07, 6.45) is -1.07. The number of amides is 1. The molecule has 2 aromatic rings. The minimum Gasteiger partial charge on any atom is -0.490 e. The summed E-state index contributed by atoms with van der Waals surface area (Å²) in [5.41, 5.74) is 1.24. The fourth-order valence-corrected chi connectivity index (χ4v) is 4.28. The summed E-state index contributed by atoms with van der Waals surface area (Å²) < 4.78 is 49.8. The first-order valence-corrected chi connectivity index (χ1v) is 11.6. The Morgan fingerprint density at radius 3 is 2.71 bits per heavy atom. The van der Waals surface area contributed by atoms with Gasteiger partial charge in [0.15, 0.2) is 0 Å². The molecule has 3 heterocycles. The molecule has 0 saturated carbocycles. The normalized spacial score (nSPS) is 17.8. The van der Waals surface area contributed by atoms with Crippen LogP contribution in [0.4, 0.5) is 25.0 Å². The highest BCUT2D eigenvalue weighted by molar-refractivity contribution is 5.76. The van der Waals surface area contributed by atoms with Crippen molar-refractivity contribution in [2.24, 2.45) is 0 Å². The first-order chi connectivity index (χ1) is 16.6. The molecule has 4 rings (SSSR count). The maximum absolute atomic E-state index is 13.6. The Kier molecular flexibility index (Phi) is 6.91. The average molecular weight is 492 g/mol. The van der Waals surface area contributed by atoms with Gasteiger partial charge in [-0.15, -0.1) is 0 Å². The molecule has 1 amide bonds. The van der Waals surface area contributed by atoms with Crippen molar-refractivity contribution in [1.29, 1.82) is 0 Å². The quantitative estimate of drug-likeness (QED) is 0.565. The van der Waals surface area contributed by atoms with Crippen LogP contribution in [0, 0.1) is 6.92 Å². The number of hydrogen-bond donors (Lipinski definition) is 0. The molecule has 1 fully saturated rings. The van der Waals surface area contributed by atoms with Crippen LogP contribution in [0.15, 0.2) is 24.4 Å². The molecule has 1 saturated heterocycles. The van der Waals surface area contributed by atoms with Gasteiger partial charge in [-0.25, -0.2) is 18.6 Å². The first kappa shape index (κ1) is 24.8. The molecule has 1 aromatic heterocycles. The second-order valence-electron chi connectivity index (χ2n) is 9.58. The highest BCUT2D eigenvalue weighted by atomic mass is 19.3. The smallest absolute Gasteiger partial charge is 0.410 e. The number of halogens is 2. The Labute approximate surface area is 203 Å². The lowest BCUT2D eigenvalue weighted by Gasteiger charge is -2.33. The van der Waals surface area contributed by atoms with Crippen molar-refractivity contribution in [3.05, 3.63) is 35.5 Å². The van der Waals surface area contributed by atoms with Gasteiger partial charge in [0.25, 0.3) is 6.43 Å². The number of hydrogen-bond acceptors (Lipinski definition) is 7. The number of pyridine rings is 1. The van der Waals surface area contributed by atoms with E-state index in [4.69, 9.17) is 18.9 Å². The number of fused-ring (bicyclic) bond motifs is 1. The molecule has 10 heteroatoms. The predicted molar refractivity (Wildman–Crippen MR) is 126 cm³/mol. The molecule has 1 atom stereocenters. The van der Waals surface area contributed by atoms with Gasteiger partial charge in [0.2, 0.25) is 5.88 Å². The summed E-state index contributed by atoms with van der Waals surface area (Å²) >= 11 is 0. The van der Waals surface area contributed by atoms with Gasteiger partial charge < -0.3 is 28.7 Å². The molecular formula is C25H31F2N3O5. The number of anilines is 2. The van der Waals surface area contributed by atoms with Crippen molar-refractivity contribution in [2.75, 3.05) is 38.3 Å². The van der Waals surface area contributed by atoms with E-state index in [9.17, 15) is 13.6 Å². The van der Waals surface area contributed by atoms with Crippen LogP contribution in [-0.2, 0) is 4.74 Å². The van der Waals surface area contributed by atoms with E-state index < -0.39 is 12.0 Å². The number of methoxy groups -OCH3 is 1. The number of nitrogens with zero attached hydrogens (tertiary/aromatic N) is 3. The molecule has 8 nitrogen and oxygen atoms in total. The van der Waals surface area contributed by atoms with Gasteiger partial charge >= 0.3 is 6.09 Å². The number of ether oxygens (including phenoxy) is 4. The maximum atomic E-state index is 13.6. The summed E-state index contributed by atoms with van der Waals surface area (Å²) in [5, 5.41) is 0. The summed E-state index contributed by atoms with van der Waals surface area (Å²) in [7, 11) is 1.32. The molecule has 0 N–H and O–H groups in total. The van der Waals surface area contributed by atoms with Crippen LogP contribution in [-0.4, -0.2) is 61.0 Å². The van der Waals surface area contributed by atoms with Gasteiger partial charge in [-0.1, -0.05) is 0 Å². The molecule has 190 valence electrons. The van der Waals surface area contributed by atoms with Crippen molar-refractivity contribution in [1.82, 2.24) is 9.88 Å². The molecule has 0 bridgehead atoms. The van der Waals surface area contributed by atoms with Crippen LogP contribution in [0.25, 0.3) is 0 Å². The van der Waals surface area contributed by atoms with E-state index in [-0.39, 0.29) is 23.6 Å². The SMILES string of the molecule is COc1ncc(N2CCOc3ccc(OC4CCN(C(=O)OC(C)(C)C)C4)c(C)c32)cc1C(F)F. The van der Waals surface area contributed by atoms with Crippen molar-refractivity contribution >= 4 is 17.5 Å². The number of aromatic nitrogens is 1. The van der Waals surface area contributed by atoms with E-state index in [0.717, 1.165) is 11.3 Å². The largest absolute Gasteiger partial charge is 0.490 e. The fraction of sp³-hybridized carbons (Fsp3) is 0.520. The highest BCUT2D eigenvalue weighted by Crippen LogP contribution is 2.44. The Morgan fingerprint density at radius 1 is 1.26 bits per heavy atom. The monoisotopic (exact) mass is 491 g/mol. The van der Waals surface area contributed by atoms with Crippen molar-refractivity contribution in [2.45, 2.75) is 52.2 Å². The minimum absolute atomic E-state index is 0.0955. The first-order valence-electron chi connectivity index (χ1n) is 11.6. The molecule has 0 spiro atoms. The number of benzene rings is 1. The van der Waals surface area contributed by atoms with Crippen LogP contribution in [0.5, 0.6) is 17.4 Å². The summed E-state index contributed by atoms with van der Waals surface area (Å²) in [5.74, 6) is 1.19. The van der Waals surface area contributed by atoms with E-state index in [1.165, 1.54) is 19.4 Å². The van der Waals surface area contributed by atoms with Gasteiger partial charge in [0.05, 0.1) is 43.3 Å². The maximum Gasteiger partial charge on any atom is 0.410 e. The number of rotatable bonds is 5. The number of carbonyl (C=O) groups excluding carboxylic acids is 1. The second-order valence-corrected chi connectivity index (χ2v) is 9.58. The van der Waals surface area contributed by atoms with Crippen LogP contribution in [0.3, 0.4) is 0 Å². The average Bonchev–Trinajstić information content (AvgIpc) is 3.28. The van der Waals surface area contributed by atoms with Crippen molar-refractivity contribution in [3.63, 3.8) is 0 Å².